The molecule has 8 nitrogen and oxygen atoms in total. The fraction of sp³-hybridized carbons (Fsp3) is 0.304. The SMILES string of the molecule is Cc1cc(NC(=O)c2oc3c(c2C)/C(=N\N=C(N)N)CC(C)(C)C3)c2ccccc2n1. The third-order valence-corrected chi connectivity index (χ3v) is 5.38. The molecule has 1 aromatic carbocycles. The van der Waals surface area contributed by atoms with Gasteiger partial charge in [0.25, 0.3) is 5.91 Å². The molecule has 0 aliphatic heterocycles. The summed E-state index contributed by atoms with van der Waals surface area (Å²) in [7, 11) is 0. The number of fused-ring (bicyclic) bond motifs is 2. The van der Waals surface area contributed by atoms with Gasteiger partial charge >= 0.3 is 0 Å². The van der Waals surface area contributed by atoms with Crippen molar-refractivity contribution < 1.29 is 9.21 Å². The van der Waals surface area contributed by atoms with Gasteiger partial charge < -0.3 is 21.2 Å². The van der Waals surface area contributed by atoms with Gasteiger partial charge in [-0.05, 0) is 37.8 Å². The molecule has 5 N–H and O–H groups in total. The number of pyridine rings is 1. The number of hydrogen-bond donors (Lipinski definition) is 3. The quantitative estimate of drug-likeness (QED) is 0.339. The zero-order valence-corrected chi connectivity index (χ0v) is 18.1. The lowest BCUT2D eigenvalue weighted by molar-refractivity contribution is 0.0993. The summed E-state index contributed by atoms with van der Waals surface area (Å²) in [5.74, 6) is 0.552. The molecule has 3 aromatic rings. The topological polar surface area (TPSA) is 132 Å². The second kappa shape index (κ2) is 7.54. The van der Waals surface area contributed by atoms with Crippen LogP contribution in [0.4, 0.5) is 5.69 Å². The first kappa shape index (κ1) is 20.6. The first-order chi connectivity index (χ1) is 14.6. The number of nitrogens with one attached hydrogen (secondary N) is 1. The fourth-order valence-electron chi connectivity index (χ4n) is 4.12. The van der Waals surface area contributed by atoms with E-state index >= 15 is 0 Å². The van der Waals surface area contributed by atoms with E-state index in [1.165, 1.54) is 0 Å². The van der Waals surface area contributed by atoms with Gasteiger partial charge in [0.2, 0.25) is 5.96 Å². The standard InChI is InChI=1S/C23H26N6O2/c1-12-9-16(14-7-5-6-8-15(14)26-12)27-21(30)20-13(2)19-17(28-29-22(24)25)10-23(3,4)11-18(19)31-20/h5-9H,10-11H2,1-4H3,(H4,24,25,29)(H,26,27,30)/b28-17-. The molecule has 0 fully saturated rings. The summed E-state index contributed by atoms with van der Waals surface area (Å²) < 4.78 is 6.07. The lowest BCUT2D eigenvalue weighted by Crippen LogP contribution is -2.27. The van der Waals surface area contributed by atoms with Crippen LogP contribution < -0.4 is 16.8 Å². The van der Waals surface area contributed by atoms with Crippen molar-refractivity contribution in [3.05, 3.63) is 58.7 Å². The number of hydrogen-bond acceptors (Lipinski definition) is 5. The van der Waals surface area contributed by atoms with E-state index in [0.29, 0.717) is 24.2 Å². The van der Waals surface area contributed by atoms with Crippen molar-refractivity contribution in [1.82, 2.24) is 4.98 Å². The lowest BCUT2D eigenvalue weighted by atomic mass is 9.75. The summed E-state index contributed by atoms with van der Waals surface area (Å²) in [5, 5.41) is 11.9. The minimum absolute atomic E-state index is 0.0961. The minimum Gasteiger partial charge on any atom is -0.455 e. The van der Waals surface area contributed by atoms with Gasteiger partial charge in [0.05, 0.1) is 16.9 Å². The minimum atomic E-state index is -0.318. The molecular formula is C23H26N6O2. The second-order valence-corrected chi connectivity index (χ2v) is 8.73. The highest BCUT2D eigenvalue weighted by atomic mass is 16.4. The van der Waals surface area contributed by atoms with Crippen LogP contribution in [0.5, 0.6) is 0 Å². The Morgan fingerprint density at radius 1 is 1.19 bits per heavy atom. The molecule has 0 saturated heterocycles. The molecule has 4 rings (SSSR count). The summed E-state index contributed by atoms with van der Waals surface area (Å²) in [6.45, 7) is 7.98. The summed E-state index contributed by atoms with van der Waals surface area (Å²) in [4.78, 5) is 17.7. The van der Waals surface area contributed by atoms with E-state index in [9.17, 15) is 4.79 Å². The van der Waals surface area contributed by atoms with E-state index in [0.717, 1.165) is 33.5 Å². The Balaban J connectivity index is 1.75. The lowest BCUT2D eigenvalue weighted by Gasteiger charge is -2.29. The number of furan rings is 1. The van der Waals surface area contributed by atoms with Crippen LogP contribution in [0.15, 0.2) is 45.0 Å². The molecular weight excluding hydrogens is 392 g/mol. The van der Waals surface area contributed by atoms with Crippen LogP contribution in [0.25, 0.3) is 10.9 Å². The Kier molecular flexibility index (Phi) is 5.00. The van der Waals surface area contributed by atoms with Gasteiger partial charge in [-0.3, -0.25) is 9.78 Å². The Bertz CT molecular complexity index is 1250. The Hall–Kier alpha value is -3.68. The number of rotatable bonds is 3. The van der Waals surface area contributed by atoms with Gasteiger partial charge in [0.15, 0.2) is 5.76 Å². The summed E-state index contributed by atoms with van der Waals surface area (Å²) in [5.41, 5.74) is 15.4. The van der Waals surface area contributed by atoms with Crippen molar-refractivity contribution in [1.29, 1.82) is 0 Å². The number of aromatic nitrogens is 1. The monoisotopic (exact) mass is 418 g/mol. The average Bonchev–Trinajstić information content (AvgIpc) is 3.01. The van der Waals surface area contributed by atoms with Crippen molar-refractivity contribution in [3.8, 4) is 0 Å². The van der Waals surface area contributed by atoms with E-state index < -0.39 is 0 Å². The van der Waals surface area contributed by atoms with Gasteiger partial charge in [0, 0.05) is 28.6 Å². The molecule has 0 unspecified atom stereocenters. The van der Waals surface area contributed by atoms with Crippen molar-refractivity contribution in [2.45, 2.75) is 40.5 Å². The zero-order valence-electron chi connectivity index (χ0n) is 18.1. The Labute approximate surface area is 180 Å². The van der Waals surface area contributed by atoms with Crippen molar-refractivity contribution >= 4 is 34.2 Å². The molecule has 1 amide bonds. The van der Waals surface area contributed by atoms with E-state index in [1.807, 2.05) is 44.2 Å². The number of aryl methyl sites for hydroxylation is 1. The van der Waals surface area contributed by atoms with Gasteiger partial charge in [-0.15, -0.1) is 5.10 Å². The number of amides is 1. The van der Waals surface area contributed by atoms with E-state index in [-0.39, 0.29) is 23.0 Å². The summed E-state index contributed by atoms with van der Waals surface area (Å²) in [6.07, 6.45) is 1.36. The first-order valence-corrected chi connectivity index (χ1v) is 10.1. The molecule has 2 aromatic heterocycles. The molecule has 31 heavy (non-hydrogen) atoms. The van der Waals surface area contributed by atoms with Crippen LogP contribution in [0.1, 0.15) is 53.4 Å². The van der Waals surface area contributed by atoms with Crippen LogP contribution in [0.2, 0.25) is 0 Å². The maximum atomic E-state index is 13.2. The molecule has 1 aliphatic carbocycles. The smallest absolute Gasteiger partial charge is 0.291 e. The van der Waals surface area contributed by atoms with Crippen molar-refractivity contribution in [2.75, 3.05) is 5.32 Å². The van der Waals surface area contributed by atoms with E-state index in [1.54, 1.807) is 0 Å². The highest BCUT2D eigenvalue weighted by molar-refractivity contribution is 6.11. The molecule has 1 aliphatic rings. The molecule has 0 radical (unpaired) electrons. The maximum Gasteiger partial charge on any atom is 0.291 e. The van der Waals surface area contributed by atoms with Crippen molar-refractivity contribution in [3.63, 3.8) is 0 Å². The summed E-state index contributed by atoms with van der Waals surface area (Å²) in [6, 6.07) is 9.54. The number of para-hydroxylation sites is 1. The van der Waals surface area contributed by atoms with Gasteiger partial charge in [-0.25, -0.2) is 0 Å². The highest BCUT2D eigenvalue weighted by Crippen LogP contribution is 2.39. The van der Waals surface area contributed by atoms with Gasteiger partial charge in [0.1, 0.15) is 5.76 Å². The van der Waals surface area contributed by atoms with Crippen molar-refractivity contribution in [2.24, 2.45) is 27.1 Å². The molecule has 0 atom stereocenters. The van der Waals surface area contributed by atoms with Crippen LogP contribution >= 0.6 is 0 Å². The number of nitrogens with zero attached hydrogens (tertiary/aromatic N) is 3. The number of guanidine groups is 1. The van der Waals surface area contributed by atoms with Gasteiger partial charge in [-0.1, -0.05) is 32.0 Å². The number of benzene rings is 1. The molecule has 0 bridgehead atoms. The zero-order chi connectivity index (χ0) is 22.3. The summed E-state index contributed by atoms with van der Waals surface area (Å²) >= 11 is 0. The third-order valence-electron chi connectivity index (χ3n) is 5.38. The number of carbonyl (C=O) groups excluding carboxylic acids is 1. The van der Waals surface area contributed by atoms with Crippen LogP contribution in [-0.2, 0) is 6.42 Å². The van der Waals surface area contributed by atoms with E-state index in [2.05, 4.69) is 34.4 Å². The maximum absolute atomic E-state index is 13.2. The molecule has 0 saturated carbocycles. The molecule has 8 heteroatoms. The number of nitrogens with two attached hydrogens (primary N) is 2. The molecule has 0 spiro atoms. The van der Waals surface area contributed by atoms with Crippen LogP contribution in [-0.4, -0.2) is 22.6 Å². The fourth-order valence-corrected chi connectivity index (χ4v) is 4.12. The highest BCUT2D eigenvalue weighted by Gasteiger charge is 2.36. The average molecular weight is 419 g/mol. The normalized spacial score (nSPS) is 16.2. The Morgan fingerprint density at radius 2 is 1.94 bits per heavy atom. The van der Waals surface area contributed by atoms with Crippen LogP contribution in [0, 0.1) is 19.3 Å². The molecule has 2 heterocycles. The van der Waals surface area contributed by atoms with E-state index in [4.69, 9.17) is 15.9 Å². The Morgan fingerprint density at radius 3 is 2.68 bits per heavy atom. The largest absolute Gasteiger partial charge is 0.455 e. The first-order valence-electron chi connectivity index (χ1n) is 10.1. The van der Waals surface area contributed by atoms with Gasteiger partial charge in [-0.2, -0.15) is 5.10 Å². The molecule has 160 valence electrons. The third kappa shape index (κ3) is 4.01. The predicted octanol–water partition coefficient (Wildman–Crippen LogP) is 3.65. The second-order valence-electron chi connectivity index (χ2n) is 8.73. The number of carbonyl (C=O) groups is 1. The van der Waals surface area contributed by atoms with Crippen LogP contribution in [0.3, 0.4) is 0 Å². The predicted molar refractivity (Wildman–Crippen MR) is 122 cm³/mol. The number of anilines is 1.